The average molecular weight is 1120 g/mol. The maximum absolute atomic E-state index is 13.2. The van der Waals surface area contributed by atoms with Crippen LogP contribution in [0, 0.1) is 66.7 Å². The summed E-state index contributed by atoms with van der Waals surface area (Å²) < 4.78 is 12.3. The van der Waals surface area contributed by atoms with E-state index in [1.54, 1.807) is 0 Å². The Morgan fingerprint density at radius 3 is 0.966 bits per heavy atom. The van der Waals surface area contributed by atoms with Gasteiger partial charge in [0.2, 0.25) is 0 Å². The van der Waals surface area contributed by atoms with E-state index in [9.17, 15) is 5.26 Å². The number of rotatable bonds is 6. The Bertz CT molecular complexity index is 5370. The van der Waals surface area contributed by atoms with Crippen LogP contribution in [0.5, 0.6) is 0 Å². The SMILES string of the molecule is Cc1ccc2c(c1)c1cc(C)ccc1n2-c1c(C#N)c(-n2c3ccc(C)cc3c3cc(C)ccc32)c(-n2c3ccc(C)cc3c3cc(C)ccc32)c(-c2cccc(-n3c4ccccc4c4ccncc43)c2)c1-n1c2ccc(C)cc2c2cc(C)ccc21. The Labute approximate surface area is 503 Å². The summed E-state index contributed by atoms with van der Waals surface area (Å²) >= 11 is 0. The highest BCUT2D eigenvalue weighted by Gasteiger charge is 2.35. The van der Waals surface area contributed by atoms with E-state index in [0.29, 0.717) is 5.56 Å². The Kier molecular flexibility index (Phi) is 10.8. The predicted octanol–water partition coefficient (Wildman–Crippen LogP) is 20.6. The van der Waals surface area contributed by atoms with Gasteiger partial charge in [0.1, 0.15) is 11.6 Å². The van der Waals surface area contributed by atoms with Crippen LogP contribution in [0.25, 0.3) is 149 Å². The third-order valence-electron chi connectivity index (χ3n) is 18.6. The van der Waals surface area contributed by atoms with Crippen LogP contribution < -0.4 is 0 Å². The van der Waals surface area contributed by atoms with Crippen LogP contribution in [0.4, 0.5) is 0 Å². The molecule has 0 aliphatic carbocycles. The maximum Gasteiger partial charge on any atom is 0.104 e. The zero-order valence-electron chi connectivity index (χ0n) is 49.8. The van der Waals surface area contributed by atoms with E-state index in [-0.39, 0.29) is 0 Å². The molecular weight excluding hydrogens is 1060 g/mol. The van der Waals surface area contributed by atoms with Gasteiger partial charge >= 0.3 is 0 Å². The van der Waals surface area contributed by atoms with Gasteiger partial charge in [0.05, 0.1) is 84.1 Å². The van der Waals surface area contributed by atoms with E-state index in [4.69, 9.17) is 4.98 Å². The third kappa shape index (κ3) is 7.25. The highest BCUT2D eigenvalue weighted by Crippen LogP contribution is 2.53. The van der Waals surface area contributed by atoms with Crippen molar-refractivity contribution in [2.24, 2.45) is 0 Å². The lowest BCUT2D eigenvalue weighted by Gasteiger charge is -2.29. The first-order valence-electron chi connectivity index (χ1n) is 30.1. The number of pyridine rings is 1. The minimum absolute atomic E-state index is 0.539. The number of benzene rings is 11. The first-order valence-corrected chi connectivity index (χ1v) is 30.1. The number of fused-ring (bicyclic) bond motifs is 15. The Hall–Kier alpha value is -10.9. The van der Waals surface area contributed by atoms with Crippen molar-refractivity contribution in [1.29, 1.82) is 5.26 Å². The van der Waals surface area contributed by atoms with Crippen LogP contribution in [0.2, 0.25) is 0 Å². The zero-order chi connectivity index (χ0) is 58.8. The first kappa shape index (κ1) is 50.6. The van der Waals surface area contributed by atoms with Gasteiger partial charge in [-0.1, -0.05) is 123 Å². The molecule has 17 aromatic rings. The van der Waals surface area contributed by atoms with Crippen molar-refractivity contribution < 1.29 is 0 Å². The topological polar surface area (TPSA) is 61.3 Å². The highest BCUT2D eigenvalue weighted by molar-refractivity contribution is 6.18. The van der Waals surface area contributed by atoms with E-state index in [1.165, 1.54) is 44.5 Å². The third-order valence-corrected chi connectivity index (χ3v) is 18.6. The van der Waals surface area contributed by atoms with Crippen LogP contribution in [-0.4, -0.2) is 27.8 Å². The van der Waals surface area contributed by atoms with Crippen molar-refractivity contribution in [1.82, 2.24) is 27.8 Å². The summed E-state index contributed by atoms with van der Waals surface area (Å²) in [6.07, 6.45) is 3.89. The standard InChI is InChI=1S/C80H59N7/c1-45-16-24-67-57(34-45)58-35-46(2)17-25-68(58)84(67)77-65(43-81)78(85-69-26-18-47(3)36-59(69)60-37-48(4)19-27-70(60)85)80(87-73-30-22-51(7)40-63(73)64-41-52(8)23-31-74(64)87)76(79(77)86-71-28-20-49(5)38-61(71)62-39-50(6)21-29-72(62)86)53-12-11-13-54(42-53)83-66-15-10-9-14-55(66)56-32-33-82-44-75(56)83/h9-42,44H,1-8H3. The maximum atomic E-state index is 13.2. The molecule has 0 aliphatic heterocycles. The molecule has 0 fully saturated rings. The Morgan fingerprint density at radius 2 is 0.609 bits per heavy atom. The summed E-state index contributed by atoms with van der Waals surface area (Å²) in [5, 5.41) is 24.6. The second-order valence-electron chi connectivity index (χ2n) is 24.6. The number of hydrogen-bond acceptors (Lipinski definition) is 2. The predicted molar refractivity (Wildman–Crippen MR) is 364 cm³/mol. The van der Waals surface area contributed by atoms with E-state index < -0.39 is 0 Å². The molecule has 0 aliphatic rings. The fourth-order valence-corrected chi connectivity index (χ4v) is 14.8. The smallest absolute Gasteiger partial charge is 0.104 e. The van der Waals surface area contributed by atoms with Gasteiger partial charge in [-0.25, -0.2) is 0 Å². The Balaban J connectivity index is 1.22. The molecule has 0 N–H and O–H groups in total. The van der Waals surface area contributed by atoms with Crippen molar-refractivity contribution in [2.75, 3.05) is 0 Å². The molecule has 0 saturated carbocycles. The largest absolute Gasteiger partial charge is 0.308 e. The lowest BCUT2D eigenvalue weighted by molar-refractivity contribution is 1.03. The van der Waals surface area contributed by atoms with Crippen molar-refractivity contribution in [3.05, 3.63) is 263 Å². The quantitative estimate of drug-likeness (QED) is 0.167. The van der Waals surface area contributed by atoms with Gasteiger partial charge in [-0.15, -0.1) is 0 Å². The number of hydrogen-bond donors (Lipinski definition) is 0. The monoisotopic (exact) mass is 1120 g/mol. The molecule has 0 atom stereocenters. The molecule has 6 heterocycles. The molecule has 414 valence electrons. The van der Waals surface area contributed by atoms with Crippen molar-refractivity contribution >= 4 is 109 Å². The molecule has 87 heavy (non-hydrogen) atoms. The highest BCUT2D eigenvalue weighted by atomic mass is 15.1. The molecule has 17 rings (SSSR count). The number of aryl methyl sites for hydroxylation is 8. The number of aromatic nitrogens is 6. The van der Waals surface area contributed by atoms with Crippen molar-refractivity contribution in [3.8, 4) is 45.6 Å². The minimum atomic E-state index is 0.539. The fraction of sp³-hybridized carbons (Fsp3) is 0.100. The summed E-state index contributed by atoms with van der Waals surface area (Å²) in [7, 11) is 0. The van der Waals surface area contributed by atoms with E-state index in [2.05, 4.69) is 284 Å². The van der Waals surface area contributed by atoms with E-state index in [0.717, 1.165) is 149 Å². The molecule has 0 spiro atoms. The molecule has 7 heteroatoms. The van der Waals surface area contributed by atoms with Gasteiger partial charge in [-0.05, 0) is 182 Å². The van der Waals surface area contributed by atoms with Gasteiger partial charge in [0.25, 0.3) is 0 Å². The Morgan fingerprint density at radius 1 is 0.287 bits per heavy atom. The van der Waals surface area contributed by atoms with Crippen LogP contribution in [0.15, 0.2) is 213 Å². The lowest BCUT2D eigenvalue weighted by Crippen LogP contribution is -2.16. The second kappa shape index (κ2) is 18.5. The summed E-state index contributed by atoms with van der Waals surface area (Å²) in [5.74, 6) is 0. The molecule has 7 nitrogen and oxygen atoms in total. The summed E-state index contributed by atoms with van der Waals surface area (Å²) in [5.41, 5.74) is 26.5. The van der Waals surface area contributed by atoms with Gasteiger partial charge in [-0.2, -0.15) is 5.26 Å². The van der Waals surface area contributed by atoms with Gasteiger partial charge < -0.3 is 22.8 Å². The van der Waals surface area contributed by atoms with Gasteiger partial charge in [0, 0.05) is 71.3 Å². The first-order chi connectivity index (χ1) is 42.4. The number of nitriles is 1. The van der Waals surface area contributed by atoms with Crippen LogP contribution in [-0.2, 0) is 0 Å². The molecular formula is C80H59N7. The molecule has 0 radical (unpaired) electrons. The molecule has 0 bridgehead atoms. The van der Waals surface area contributed by atoms with Crippen molar-refractivity contribution in [3.63, 3.8) is 0 Å². The summed E-state index contributed by atoms with van der Waals surface area (Å²) in [4.78, 5) is 4.77. The minimum Gasteiger partial charge on any atom is -0.308 e. The van der Waals surface area contributed by atoms with Gasteiger partial charge in [-0.3, -0.25) is 4.98 Å². The average Bonchev–Trinajstić information content (AvgIpc) is 1.66. The zero-order valence-corrected chi connectivity index (χ0v) is 49.8. The summed E-state index contributed by atoms with van der Waals surface area (Å²) in [6, 6.07) is 78.0. The fourth-order valence-electron chi connectivity index (χ4n) is 14.8. The van der Waals surface area contributed by atoms with Crippen LogP contribution in [0.1, 0.15) is 50.1 Å². The van der Waals surface area contributed by atoms with E-state index in [1.807, 2.05) is 12.4 Å². The molecule has 11 aromatic carbocycles. The molecule has 0 amide bonds. The second-order valence-corrected chi connectivity index (χ2v) is 24.6. The molecule has 0 unspecified atom stereocenters. The molecule has 6 aromatic heterocycles. The van der Waals surface area contributed by atoms with Crippen molar-refractivity contribution in [2.45, 2.75) is 55.4 Å². The van der Waals surface area contributed by atoms with Gasteiger partial charge in [0.15, 0.2) is 0 Å². The number of para-hydroxylation sites is 1. The number of nitrogens with zero attached hydrogens (tertiary/aromatic N) is 7. The summed E-state index contributed by atoms with van der Waals surface area (Å²) in [6.45, 7) is 17.5. The lowest BCUT2D eigenvalue weighted by atomic mass is 9.93. The van der Waals surface area contributed by atoms with E-state index >= 15 is 0 Å². The van der Waals surface area contributed by atoms with Crippen LogP contribution in [0.3, 0.4) is 0 Å². The molecule has 0 saturated heterocycles. The normalized spacial score (nSPS) is 12.1. The van der Waals surface area contributed by atoms with Crippen LogP contribution >= 0.6 is 0 Å².